The predicted octanol–water partition coefficient (Wildman–Crippen LogP) is 2.05. The molecule has 0 spiro atoms. The summed E-state index contributed by atoms with van der Waals surface area (Å²) in [7, 11) is -2.66. The molecule has 0 saturated heterocycles. The summed E-state index contributed by atoms with van der Waals surface area (Å²) in [6.07, 6.45) is 0.163. The molecule has 0 aromatic heterocycles. The van der Waals surface area contributed by atoms with Crippen molar-refractivity contribution in [3.63, 3.8) is 0 Å². The van der Waals surface area contributed by atoms with E-state index in [1.807, 2.05) is 0 Å². The molecule has 0 radical (unpaired) electrons. The van der Waals surface area contributed by atoms with Crippen LogP contribution in [0.3, 0.4) is 0 Å². The molecule has 2 N–H and O–H groups in total. The Hall–Kier alpha value is -2.48. The summed E-state index contributed by atoms with van der Waals surface area (Å²) in [4.78, 5) is 10.6. The molecule has 0 aliphatic carbocycles. The summed E-state index contributed by atoms with van der Waals surface area (Å²) >= 11 is 0. The Kier molecular flexibility index (Phi) is 4.95. The van der Waals surface area contributed by atoms with Crippen molar-refractivity contribution in [1.82, 2.24) is 5.32 Å². The number of halogens is 2. The second kappa shape index (κ2) is 6.74. The maximum atomic E-state index is 13.6. The lowest BCUT2D eigenvalue weighted by Crippen LogP contribution is -2.20. The first-order valence-electron chi connectivity index (χ1n) is 6.59. The van der Waals surface area contributed by atoms with E-state index in [0.717, 1.165) is 12.1 Å². The highest BCUT2D eigenvalue weighted by Gasteiger charge is 2.19. The Morgan fingerprint density at radius 1 is 1.09 bits per heavy atom. The van der Waals surface area contributed by atoms with E-state index in [4.69, 9.17) is 0 Å². The molecule has 0 fully saturated rings. The predicted molar refractivity (Wildman–Crippen MR) is 81.4 cm³/mol. The summed E-state index contributed by atoms with van der Waals surface area (Å²) in [5.74, 6) is -2.21. The molecule has 0 atom stereocenters. The van der Waals surface area contributed by atoms with Gasteiger partial charge in [-0.15, -0.1) is 0 Å². The van der Waals surface area contributed by atoms with Crippen LogP contribution in [0, 0.1) is 11.6 Å². The number of likely N-dealkylation sites (N-methyl/N-ethyl adjacent to an activating group) is 1. The monoisotopic (exact) mass is 340 g/mol. The topological polar surface area (TPSA) is 75.3 Å². The minimum atomic E-state index is -4.17. The van der Waals surface area contributed by atoms with Crippen molar-refractivity contribution in [2.75, 3.05) is 11.8 Å². The summed E-state index contributed by atoms with van der Waals surface area (Å²) in [5.41, 5.74) is 0.898. The molecular formula is C15H14F2N2O3S. The molecule has 0 bridgehead atoms. The fraction of sp³-hybridized carbons (Fsp3) is 0.133. The lowest BCUT2D eigenvalue weighted by atomic mass is 10.1. The Morgan fingerprint density at radius 2 is 1.74 bits per heavy atom. The Bertz CT molecular complexity index is 821. The van der Waals surface area contributed by atoms with E-state index < -0.39 is 26.6 Å². The minimum absolute atomic E-state index is 0.163. The van der Waals surface area contributed by atoms with E-state index in [2.05, 4.69) is 10.0 Å². The zero-order valence-electron chi connectivity index (χ0n) is 12.1. The van der Waals surface area contributed by atoms with Gasteiger partial charge in [0.25, 0.3) is 10.0 Å². The SMILES string of the molecule is CNC(=O)Cc1ccc(NS(=O)(=O)c2ccc(F)cc2F)cc1. The summed E-state index contributed by atoms with van der Waals surface area (Å²) in [5, 5.41) is 2.48. The normalized spacial score (nSPS) is 11.1. The van der Waals surface area contributed by atoms with Crippen molar-refractivity contribution in [2.45, 2.75) is 11.3 Å². The highest BCUT2D eigenvalue weighted by molar-refractivity contribution is 7.92. The van der Waals surface area contributed by atoms with Crippen LogP contribution in [-0.4, -0.2) is 21.4 Å². The first kappa shape index (κ1) is 16.9. The number of hydrogen-bond donors (Lipinski definition) is 2. The lowest BCUT2D eigenvalue weighted by molar-refractivity contribution is -0.119. The maximum absolute atomic E-state index is 13.6. The molecule has 122 valence electrons. The molecule has 2 aromatic rings. The average molecular weight is 340 g/mol. The highest BCUT2D eigenvalue weighted by Crippen LogP contribution is 2.20. The van der Waals surface area contributed by atoms with Gasteiger partial charge in [0.2, 0.25) is 5.91 Å². The summed E-state index contributed by atoms with van der Waals surface area (Å²) in [6, 6.07) is 8.29. The zero-order chi connectivity index (χ0) is 17.0. The van der Waals surface area contributed by atoms with Gasteiger partial charge in [-0.1, -0.05) is 12.1 Å². The van der Waals surface area contributed by atoms with Crippen LogP contribution < -0.4 is 10.0 Å². The number of amides is 1. The van der Waals surface area contributed by atoms with E-state index in [-0.39, 0.29) is 18.0 Å². The number of anilines is 1. The van der Waals surface area contributed by atoms with Crippen LogP contribution in [-0.2, 0) is 21.2 Å². The molecule has 5 nitrogen and oxygen atoms in total. The van der Waals surface area contributed by atoms with Gasteiger partial charge in [0.05, 0.1) is 6.42 Å². The molecule has 1 amide bonds. The van der Waals surface area contributed by atoms with E-state index in [1.165, 1.54) is 19.2 Å². The van der Waals surface area contributed by atoms with Crippen molar-refractivity contribution in [1.29, 1.82) is 0 Å². The summed E-state index contributed by atoms with van der Waals surface area (Å²) < 4.78 is 52.9. The molecule has 2 rings (SSSR count). The van der Waals surface area contributed by atoms with Crippen LogP contribution in [0.1, 0.15) is 5.56 Å². The highest BCUT2D eigenvalue weighted by atomic mass is 32.2. The van der Waals surface area contributed by atoms with Crippen molar-refractivity contribution in [3.8, 4) is 0 Å². The van der Waals surface area contributed by atoms with Gasteiger partial charge in [0, 0.05) is 18.8 Å². The lowest BCUT2D eigenvalue weighted by Gasteiger charge is -2.09. The zero-order valence-corrected chi connectivity index (χ0v) is 13.0. The quantitative estimate of drug-likeness (QED) is 0.875. The van der Waals surface area contributed by atoms with Crippen molar-refractivity contribution < 1.29 is 22.0 Å². The Morgan fingerprint density at radius 3 is 2.30 bits per heavy atom. The fourth-order valence-electron chi connectivity index (χ4n) is 1.87. The van der Waals surface area contributed by atoms with Gasteiger partial charge < -0.3 is 5.32 Å². The van der Waals surface area contributed by atoms with Gasteiger partial charge in [0.15, 0.2) is 0 Å². The molecule has 0 aliphatic heterocycles. The van der Waals surface area contributed by atoms with Crippen LogP contribution in [0.2, 0.25) is 0 Å². The molecule has 23 heavy (non-hydrogen) atoms. The van der Waals surface area contributed by atoms with Crippen LogP contribution in [0.25, 0.3) is 0 Å². The number of hydrogen-bond acceptors (Lipinski definition) is 3. The van der Waals surface area contributed by atoms with Crippen LogP contribution in [0.15, 0.2) is 47.4 Å². The second-order valence-corrected chi connectivity index (χ2v) is 6.38. The standard InChI is InChI=1S/C15H14F2N2O3S/c1-18-15(20)8-10-2-5-12(6-3-10)19-23(21,22)14-7-4-11(16)9-13(14)17/h2-7,9,19H,8H2,1H3,(H,18,20). The third-order valence-electron chi connectivity index (χ3n) is 3.03. The molecule has 0 saturated carbocycles. The number of nitrogens with one attached hydrogen (secondary N) is 2. The van der Waals surface area contributed by atoms with Gasteiger partial charge in [-0.2, -0.15) is 0 Å². The van der Waals surface area contributed by atoms with Crippen LogP contribution >= 0.6 is 0 Å². The van der Waals surface area contributed by atoms with Crippen molar-refractivity contribution >= 4 is 21.6 Å². The van der Waals surface area contributed by atoms with E-state index >= 15 is 0 Å². The van der Waals surface area contributed by atoms with Crippen molar-refractivity contribution in [2.24, 2.45) is 0 Å². The second-order valence-electron chi connectivity index (χ2n) is 4.73. The Labute approximate surface area is 132 Å². The molecule has 0 heterocycles. The number of rotatable bonds is 5. The number of benzene rings is 2. The van der Waals surface area contributed by atoms with Crippen molar-refractivity contribution in [3.05, 3.63) is 59.7 Å². The Balaban J connectivity index is 2.19. The summed E-state index contributed by atoms with van der Waals surface area (Å²) in [6.45, 7) is 0. The first-order chi connectivity index (χ1) is 10.8. The largest absolute Gasteiger partial charge is 0.359 e. The first-order valence-corrected chi connectivity index (χ1v) is 8.07. The van der Waals surface area contributed by atoms with Gasteiger partial charge >= 0.3 is 0 Å². The fourth-order valence-corrected chi connectivity index (χ4v) is 2.99. The van der Waals surface area contributed by atoms with Gasteiger partial charge in [-0.05, 0) is 29.8 Å². The number of carbonyl (C=O) groups is 1. The van der Waals surface area contributed by atoms with Gasteiger partial charge in [-0.25, -0.2) is 17.2 Å². The van der Waals surface area contributed by atoms with E-state index in [1.54, 1.807) is 12.1 Å². The average Bonchev–Trinajstić information content (AvgIpc) is 2.48. The number of sulfonamides is 1. The van der Waals surface area contributed by atoms with Crippen LogP contribution in [0.4, 0.5) is 14.5 Å². The van der Waals surface area contributed by atoms with Gasteiger partial charge in [-0.3, -0.25) is 9.52 Å². The third kappa shape index (κ3) is 4.26. The molecule has 8 heteroatoms. The molecule has 0 aliphatic rings. The minimum Gasteiger partial charge on any atom is -0.359 e. The smallest absolute Gasteiger partial charge is 0.264 e. The van der Waals surface area contributed by atoms with Crippen LogP contribution in [0.5, 0.6) is 0 Å². The number of carbonyl (C=O) groups excluding carboxylic acids is 1. The molecule has 2 aromatic carbocycles. The molecule has 0 unspecified atom stereocenters. The van der Waals surface area contributed by atoms with E-state index in [0.29, 0.717) is 11.6 Å². The van der Waals surface area contributed by atoms with Gasteiger partial charge in [0.1, 0.15) is 16.5 Å². The van der Waals surface area contributed by atoms with E-state index in [9.17, 15) is 22.0 Å². The molecular weight excluding hydrogens is 326 g/mol. The third-order valence-corrected chi connectivity index (χ3v) is 4.45. The maximum Gasteiger partial charge on any atom is 0.264 e.